The second kappa shape index (κ2) is 13.8. The number of hydrogen-bond acceptors (Lipinski definition) is 5. The third kappa shape index (κ3) is 8.64. The minimum absolute atomic E-state index is 0.0285. The van der Waals surface area contributed by atoms with Gasteiger partial charge in [0.05, 0.1) is 17.7 Å². The quantitative estimate of drug-likeness (QED) is 0.298. The summed E-state index contributed by atoms with van der Waals surface area (Å²) in [4.78, 5) is 40.7. The maximum Gasteiger partial charge on any atom is 0.331 e. The van der Waals surface area contributed by atoms with E-state index in [4.69, 9.17) is 4.74 Å². The summed E-state index contributed by atoms with van der Waals surface area (Å²) < 4.78 is 5.88. The zero-order valence-electron chi connectivity index (χ0n) is 26.9. The highest BCUT2D eigenvalue weighted by molar-refractivity contribution is 5.91. The van der Waals surface area contributed by atoms with Crippen LogP contribution in [0.15, 0.2) is 35.9 Å². The Morgan fingerprint density at radius 3 is 1.88 bits per heavy atom. The van der Waals surface area contributed by atoms with Gasteiger partial charge in [0.2, 0.25) is 11.8 Å². The van der Waals surface area contributed by atoms with Gasteiger partial charge in [-0.3, -0.25) is 9.59 Å². The van der Waals surface area contributed by atoms with Crippen LogP contribution in [0, 0.1) is 11.3 Å². The molecule has 8 nitrogen and oxygen atoms in total. The topological polar surface area (TPSA) is 108 Å². The summed E-state index contributed by atoms with van der Waals surface area (Å²) in [6.45, 7) is 21.8. The van der Waals surface area contributed by atoms with E-state index in [1.165, 1.54) is 6.92 Å². The normalized spacial score (nSPS) is 15.4. The first kappa shape index (κ1) is 35.3. The van der Waals surface area contributed by atoms with Crippen LogP contribution in [0.4, 0.5) is 0 Å². The number of likely N-dealkylation sites (N-methyl/N-ethyl adjacent to an activating group) is 2. The minimum Gasteiger partial charge on any atom is -0.478 e. The molecule has 1 aromatic rings. The first-order valence-corrected chi connectivity index (χ1v) is 14.1. The Balaban J connectivity index is 3.33. The van der Waals surface area contributed by atoms with E-state index < -0.39 is 40.5 Å². The fraction of sp³-hybridized carbons (Fsp3) is 0.656. The van der Waals surface area contributed by atoms with Crippen LogP contribution in [0.1, 0.15) is 87.3 Å². The summed E-state index contributed by atoms with van der Waals surface area (Å²) in [5.41, 5.74) is 0.572. The van der Waals surface area contributed by atoms with Gasteiger partial charge in [-0.2, -0.15) is 0 Å². The standard InChI is InChI=1S/C32H53N3O5/c1-14-40-32(10,11)23-17-15-22(16-18-23)31(8,9)25(33-12)27(36)34-26(30(5,6)7)28(37)35(13)24(20(2)3)19-21(4)29(38)39/h15-20,24-26,33H,14H2,1-13H3,(H,34,36)(H,38,39)/b21-19+/t24-,25-,26?/m1/s1. The highest BCUT2D eigenvalue weighted by atomic mass is 16.5. The van der Waals surface area contributed by atoms with Gasteiger partial charge in [-0.1, -0.05) is 78.8 Å². The Morgan fingerprint density at radius 1 is 0.975 bits per heavy atom. The van der Waals surface area contributed by atoms with Crippen molar-refractivity contribution in [2.24, 2.45) is 11.3 Å². The third-order valence-corrected chi connectivity index (χ3v) is 7.74. The van der Waals surface area contributed by atoms with Gasteiger partial charge in [-0.25, -0.2) is 4.79 Å². The molecule has 0 aliphatic carbocycles. The Hall–Kier alpha value is -2.71. The molecule has 3 atom stereocenters. The Morgan fingerprint density at radius 2 is 1.48 bits per heavy atom. The van der Waals surface area contributed by atoms with Crippen molar-refractivity contribution in [2.75, 3.05) is 20.7 Å². The Labute approximate surface area is 241 Å². The van der Waals surface area contributed by atoms with Crippen LogP contribution in [0.25, 0.3) is 0 Å². The van der Waals surface area contributed by atoms with E-state index in [0.717, 1.165) is 11.1 Å². The van der Waals surface area contributed by atoms with E-state index in [2.05, 4.69) is 10.6 Å². The summed E-state index contributed by atoms with van der Waals surface area (Å²) in [5, 5.41) is 15.6. The number of nitrogens with one attached hydrogen (secondary N) is 2. The molecule has 0 spiro atoms. The van der Waals surface area contributed by atoms with E-state index in [0.29, 0.717) is 6.61 Å². The fourth-order valence-electron chi connectivity index (χ4n) is 5.04. The molecule has 0 bridgehead atoms. The number of benzene rings is 1. The second-order valence-corrected chi connectivity index (χ2v) is 13.1. The number of carbonyl (C=O) groups is 3. The highest BCUT2D eigenvalue weighted by Gasteiger charge is 2.41. The number of rotatable bonds is 13. The number of nitrogens with zero attached hydrogens (tertiary/aromatic N) is 1. The van der Waals surface area contributed by atoms with Crippen molar-refractivity contribution < 1.29 is 24.2 Å². The molecule has 3 N–H and O–H groups in total. The van der Waals surface area contributed by atoms with E-state index in [9.17, 15) is 19.5 Å². The van der Waals surface area contributed by atoms with Crippen LogP contribution in [0.5, 0.6) is 0 Å². The summed E-state index contributed by atoms with van der Waals surface area (Å²) in [6.07, 6.45) is 1.60. The Kier molecular flexibility index (Phi) is 12.2. The fourth-order valence-corrected chi connectivity index (χ4v) is 5.04. The van der Waals surface area contributed by atoms with E-state index >= 15 is 0 Å². The van der Waals surface area contributed by atoms with Gasteiger partial charge < -0.3 is 25.4 Å². The molecule has 0 aliphatic rings. The first-order chi connectivity index (χ1) is 18.2. The maximum atomic E-state index is 13.8. The first-order valence-electron chi connectivity index (χ1n) is 14.1. The van der Waals surface area contributed by atoms with Crippen molar-refractivity contribution in [1.82, 2.24) is 15.5 Å². The zero-order chi connectivity index (χ0) is 31.2. The molecule has 0 fully saturated rings. The van der Waals surface area contributed by atoms with E-state index in [1.807, 2.05) is 93.5 Å². The lowest BCUT2D eigenvalue weighted by atomic mass is 9.76. The number of amides is 2. The minimum atomic E-state index is -1.03. The molecule has 0 aliphatic heterocycles. The molecule has 40 heavy (non-hydrogen) atoms. The lowest BCUT2D eigenvalue weighted by Crippen LogP contribution is -2.61. The summed E-state index contributed by atoms with van der Waals surface area (Å²) >= 11 is 0. The van der Waals surface area contributed by atoms with Crippen LogP contribution in [0.2, 0.25) is 0 Å². The summed E-state index contributed by atoms with van der Waals surface area (Å²) in [6, 6.07) is 6.22. The molecule has 8 heteroatoms. The molecule has 0 heterocycles. The molecule has 1 rings (SSSR count). The van der Waals surface area contributed by atoms with Gasteiger partial charge in [-0.15, -0.1) is 0 Å². The summed E-state index contributed by atoms with van der Waals surface area (Å²) in [7, 11) is 3.40. The molecule has 0 radical (unpaired) electrons. The van der Waals surface area contributed by atoms with Crippen molar-refractivity contribution >= 4 is 17.8 Å². The number of aliphatic carboxylic acids is 1. The van der Waals surface area contributed by atoms with Gasteiger partial charge in [0, 0.05) is 24.6 Å². The highest BCUT2D eigenvalue weighted by Crippen LogP contribution is 2.32. The number of carboxylic acid groups (broad SMARTS) is 1. The van der Waals surface area contributed by atoms with E-state index in [-0.39, 0.29) is 23.3 Å². The molecule has 0 saturated carbocycles. The lowest BCUT2D eigenvalue weighted by molar-refractivity contribution is -0.141. The SMILES string of the molecule is CCOC(C)(C)c1ccc(C(C)(C)[C@H](NC)C(=O)NC(C(=O)N(C)[C@H](/C=C(\C)C(=O)O)C(C)C)C(C)(C)C)cc1. The van der Waals surface area contributed by atoms with Crippen molar-refractivity contribution in [1.29, 1.82) is 0 Å². The molecule has 1 unspecified atom stereocenters. The average Bonchev–Trinajstić information content (AvgIpc) is 2.84. The van der Waals surface area contributed by atoms with Crippen molar-refractivity contribution in [2.45, 2.75) is 105 Å². The number of carboxylic acids is 1. The van der Waals surface area contributed by atoms with Crippen molar-refractivity contribution in [3.63, 3.8) is 0 Å². The predicted molar refractivity (Wildman–Crippen MR) is 161 cm³/mol. The van der Waals surface area contributed by atoms with Crippen molar-refractivity contribution in [3.05, 3.63) is 47.0 Å². The van der Waals surface area contributed by atoms with Gasteiger partial charge in [0.25, 0.3) is 0 Å². The van der Waals surface area contributed by atoms with Crippen molar-refractivity contribution in [3.8, 4) is 0 Å². The molecule has 0 aromatic heterocycles. The number of ether oxygens (including phenoxy) is 1. The van der Waals surface area contributed by atoms with Gasteiger partial charge in [0.15, 0.2) is 0 Å². The summed E-state index contributed by atoms with van der Waals surface area (Å²) in [5.74, 6) is -1.62. The molecule has 1 aromatic carbocycles. The molecular weight excluding hydrogens is 506 g/mol. The smallest absolute Gasteiger partial charge is 0.331 e. The van der Waals surface area contributed by atoms with Crippen LogP contribution in [-0.4, -0.2) is 66.6 Å². The molecule has 226 valence electrons. The average molecular weight is 560 g/mol. The third-order valence-electron chi connectivity index (χ3n) is 7.74. The largest absolute Gasteiger partial charge is 0.478 e. The maximum absolute atomic E-state index is 13.8. The van der Waals surface area contributed by atoms with E-state index in [1.54, 1.807) is 25.1 Å². The van der Waals surface area contributed by atoms with Crippen LogP contribution in [0.3, 0.4) is 0 Å². The van der Waals surface area contributed by atoms with Gasteiger partial charge in [-0.05, 0) is 57.2 Å². The van der Waals surface area contributed by atoms with Gasteiger partial charge >= 0.3 is 5.97 Å². The second-order valence-electron chi connectivity index (χ2n) is 13.1. The van der Waals surface area contributed by atoms with Gasteiger partial charge in [0.1, 0.15) is 6.04 Å². The molecule has 2 amide bonds. The van der Waals surface area contributed by atoms with Crippen LogP contribution >= 0.6 is 0 Å². The number of carbonyl (C=O) groups excluding carboxylic acids is 2. The molecular formula is C32H53N3O5. The van der Waals surface area contributed by atoms with Crippen LogP contribution in [-0.2, 0) is 30.1 Å². The lowest BCUT2D eigenvalue weighted by Gasteiger charge is -2.40. The Bertz CT molecular complexity index is 1050. The zero-order valence-corrected chi connectivity index (χ0v) is 26.9. The predicted octanol–water partition coefficient (Wildman–Crippen LogP) is 4.87. The molecule has 0 saturated heterocycles. The van der Waals surface area contributed by atoms with Crippen LogP contribution < -0.4 is 10.6 Å². The monoisotopic (exact) mass is 559 g/mol. The number of hydrogen-bond donors (Lipinski definition) is 3.